The number of carbonyl (C=O) groups excluding carboxylic acids is 1. The van der Waals surface area contributed by atoms with Crippen molar-refractivity contribution in [2.45, 2.75) is 45.4 Å². The molecule has 0 amide bonds. The third-order valence-corrected chi connectivity index (χ3v) is 5.07. The molecule has 2 aliphatic rings. The highest BCUT2D eigenvalue weighted by molar-refractivity contribution is 6.02. The smallest absolute Gasteiger partial charge is 0.166 e. The van der Waals surface area contributed by atoms with Gasteiger partial charge in [0.05, 0.1) is 0 Å². The summed E-state index contributed by atoms with van der Waals surface area (Å²) in [5.74, 6) is 2.13. The van der Waals surface area contributed by atoms with Gasteiger partial charge in [0.1, 0.15) is 0 Å². The van der Waals surface area contributed by atoms with E-state index in [0.717, 1.165) is 17.9 Å². The van der Waals surface area contributed by atoms with Crippen LogP contribution in [0.15, 0.2) is 24.3 Å². The molecule has 0 N–H and O–H groups in total. The summed E-state index contributed by atoms with van der Waals surface area (Å²) in [4.78, 5) is 12.6. The molecule has 1 aromatic rings. The Morgan fingerprint density at radius 2 is 1.94 bits per heavy atom. The molecule has 0 aliphatic heterocycles. The molecule has 0 aromatic heterocycles. The summed E-state index contributed by atoms with van der Waals surface area (Å²) in [5.41, 5.74) is 2.29. The van der Waals surface area contributed by atoms with Gasteiger partial charge in [0.2, 0.25) is 0 Å². The lowest BCUT2D eigenvalue weighted by Gasteiger charge is -2.34. The fraction of sp³-hybridized carbons (Fsp3) is 0.588. The highest BCUT2D eigenvalue weighted by Gasteiger charge is 2.39. The van der Waals surface area contributed by atoms with Crippen molar-refractivity contribution in [3.63, 3.8) is 0 Å². The lowest BCUT2D eigenvalue weighted by atomic mass is 9.70. The Morgan fingerprint density at radius 1 is 1.17 bits per heavy atom. The van der Waals surface area contributed by atoms with E-state index in [2.05, 4.69) is 19.1 Å². The first-order chi connectivity index (χ1) is 8.81. The number of hydrogen-bond donors (Lipinski definition) is 0. The summed E-state index contributed by atoms with van der Waals surface area (Å²) >= 11 is 0. The van der Waals surface area contributed by atoms with Crippen LogP contribution in [0, 0.1) is 17.8 Å². The number of carbonyl (C=O) groups is 1. The third kappa shape index (κ3) is 1.90. The van der Waals surface area contributed by atoms with E-state index in [-0.39, 0.29) is 5.92 Å². The zero-order valence-electron chi connectivity index (χ0n) is 11.2. The van der Waals surface area contributed by atoms with Crippen LogP contribution in [0.5, 0.6) is 0 Å². The van der Waals surface area contributed by atoms with Crippen LogP contribution < -0.4 is 0 Å². The van der Waals surface area contributed by atoms with Gasteiger partial charge in [-0.05, 0) is 30.2 Å². The van der Waals surface area contributed by atoms with E-state index >= 15 is 0 Å². The van der Waals surface area contributed by atoms with E-state index in [4.69, 9.17) is 0 Å². The molecule has 3 unspecified atom stereocenters. The third-order valence-electron chi connectivity index (χ3n) is 5.07. The van der Waals surface area contributed by atoms with Gasteiger partial charge < -0.3 is 0 Å². The second-order valence-corrected chi connectivity index (χ2v) is 5.95. The number of Topliss-reactive ketones (excluding diaryl/α,β-unsaturated/α-hetero) is 1. The van der Waals surface area contributed by atoms with Crippen molar-refractivity contribution in [3.8, 4) is 0 Å². The van der Waals surface area contributed by atoms with Crippen molar-refractivity contribution in [2.24, 2.45) is 17.8 Å². The van der Waals surface area contributed by atoms with Gasteiger partial charge in [-0.15, -0.1) is 0 Å². The first-order valence-electron chi connectivity index (χ1n) is 7.43. The van der Waals surface area contributed by atoms with Gasteiger partial charge in [0.15, 0.2) is 5.78 Å². The zero-order chi connectivity index (χ0) is 12.5. The molecular formula is C17H22O. The van der Waals surface area contributed by atoms with Crippen molar-refractivity contribution >= 4 is 5.78 Å². The van der Waals surface area contributed by atoms with Crippen LogP contribution in [0.2, 0.25) is 0 Å². The van der Waals surface area contributed by atoms with E-state index in [1.165, 1.54) is 37.7 Å². The Labute approximate surface area is 110 Å². The minimum absolute atomic E-state index is 0.285. The monoisotopic (exact) mass is 242 g/mol. The van der Waals surface area contributed by atoms with Crippen LogP contribution in [0.3, 0.4) is 0 Å². The highest BCUT2D eigenvalue weighted by Crippen LogP contribution is 2.42. The molecule has 3 atom stereocenters. The number of hydrogen-bond acceptors (Lipinski definition) is 1. The van der Waals surface area contributed by atoms with Crippen LogP contribution in [0.1, 0.15) is 54.9 Å². The molecule has 18 heavy (non-hydrogen) atoms. The topological polar surface area (TPSA) is 17.1 Å². The molecule has 2 aliphatic carbocycles. The molecule has 1 aromatic carbocycles. The predicted molar refractivity (Wildman–Crippen MR) is 73.7 cm³/mol. The SMILES string of the molecule is CCC1CCCCC1C1Cc2ccccc2C1=O. The Balaban J connectivity index is 1.84. The minimum Gasteiger partial charge on any atom is -0.294 e. The average Bonchev–Trinajstić information content (AvgIpc) is 2.76. The second-order valence-electron chi connectivity index (χ2n) is 5.95. The zero-order valence-corrected chi connectivity index (χ0v) is 11.2. The Hall–Kier alpha value is -1.11. The van der Waals surface area contributed by atoms with E-state index in [1.807, 2.05) is 12.1 Å². The van der Waals surface area contributed by atoms with Crippen molar-refractivity contribution in [1.82, 2.24) is 0 Å². The van der Waals surface area contributed by atoms with Crippen molar-refractivity contribution in [2.75, 3.05) is 0 Å². The van der Waals surface area contributed by atoms with Gasteiger partial charge in [-0.25, -0.2) is 0 Å². The highest BCUT2D eigenvalue weighted by atomic mass is 16.1. The minimum atomic E-state index is 0.285. The molecule has 3 rings (SSSR count). The molecule has 0 saturated heterocycles. The first kappa shape index (κ1) is 12.0. The van der Waals surface area contributed by atoms with Crippen LogP contribution in [-0.4, -0.2) is 5.78 Å². The molecule has 1 nitrogen and oxygen atoms in total. The number of ketones is 1. The number of fused-ring (bicyclic) bond motifs is 1. The van der Waals surface area contributed by atoms with Crippen LogP contribution in [0.25, 0.3) is 0 Å². The molecule has 1 heteroatoms. The first-order valence-corrected chi connectivity index (χ1v) is 7.43. The largest absolute Gasteiger partial charge is 0.294 e. The van der Waals surface area contributed by atoms with Gasteiger partial charge in [0.25, 0.3) is 0 Å². The lowest BCUT2D eigenvalue weighted by Crippen LogP contribution is -2.30. The van der Waals surface area contributed by atoms with Crippen molar-refractivity contribution < 1.29 is 4.79 Å². The Morgan fingerprint density at radius 3 is 2.72 bits per heavy atom. The predicted octanol–water partition coefficient (Wildman–Crippen LogP) is 4.26. The van der Waals surface area contributed by atoms with Gasteiger partial charge in [-0.3, -0.25) is 4.79 Å². The maximum atomic E-state index is 12.6. The standard InChI is InChI=1S/C17H22O/c1-2-12-7-3-5-9-14(12)16-11-13-8-4-6-10-15(13)17(16)18/h4,6,8,10,12,14,16H,2-3,5,7,9,11H2,1H3. The summed E-state index contributed by atoms with van der Waals surface area (Å²) in [6.45, 7) is 2.29. The second kappa shape index (κ2) is 4.87. The maximum absolute atomic E-state index is 12.6. The summed E-state index contributed by atoms with van der Waals surface area (Å²) in [7, 11) is 0. The molecular weight excluding hydrogens is 220 g/mol. The van der Waals surface area contributed by atoms with Gasteiger partial charge in [-0.2, -0.15) is 0 Å². The molecule has 0 heterocycles. The molecule has 0 spiro atoms. The van der Waals surface area contributed by atoms with Gasteiger partial charge in [-0.1, -0.05) is 56.9 Å². The molecule has 0 bridgehead atoms. The summed E-state index contributed by atoms with van der Waals surface area (Å²) in [5, 5.41) is 0. The lowest BCUT2D eigenvalue weighted by molar-refractivity contribution is 0.0800. The Bertz CT molecular complexity index is 449. The molecule has 1 saturated carbocycles. The van der Waals surface area contributed by atoms with Gasteiger partial charge in [0, 0.05) is 11.5 Å². The summed E-state index contributed by atoms with van der Waals surface area (Å²) in [6, 6.07) is 8.21. The Kier molecular flexibility index (Phi) is 3.23. The molecule has 1 fully saturated rings. The molecule has 0 radical (unpaired) electrons. The van der Waals surface area contributed by atoms with Crippen LogP contribution in [0.4, 0.5) is 0 Å². The van der Waals surface area contributed by atoms with E-state index in [0.29, 0.717) is 11.7 Å². The fourth-order valence-electron chi connectivity index (χ4n) is 4.09. The average molecular weight is 242 g/mol. The van der Waals surface area contributed by atoms with E-state index < -0.39 is 0 Å². The van der Waals surface area contributed by atoms with E-state index in [9.17, 15) is 4.79 Å². The number of benzene rings is 1. The van der Waals surface area contributed by atoms with Crippen LogP contribution >= 0.6 is 0 Å². The molecule has 96 valence electrons. The number of rotatable bonds is 2. The van der Waals surface area contributed by atoms with Crippen LogP contribution in [-0.2, 0) is 6.42 Å². The van der Waals surface area contributed by atoms with E-state index in [1.54, 1.807) is 0 Å². The van der Waals surface area contributed by atoms with Gasteiger partial charge >= 0.3 is 0 Å². The van der Waals surface area contributed by atoms with Crippen molar-refractivity contribution in [1.29, 1.82) is 0 Å². The quantitative estimate of drug-likeness (QED) is 0.757. The summed E-state index contributed by atoms with van der Waals surface area (Å²) in [6.07, 6.45) is 7.52. The normalized spacial score (nSPS) is 31.4. The summed E-state index contributed by atoms with van der Waals surface area (Å²) < 4.78 is 0. The maximum Gasteiger partial charge on any atom is 0.166 e. The fourth-order valence-corrected chi connectivity index (χ4v) is 4.09. The van der Waals surface area contributed by atoms with Crippen molar-refractivity contribution in [3.05, 3.63) is 35.4 Å².